The maximum Gasteiger partial charge on any atom is 0.251 e. The number of anilines is 8. The molecule has 69 heavy (non-hydrogen) atoms. The number of benzene rings is 8. The standard InChI is InChI=1S/C62H54BN3S2Si/c1-60(2,3)37-24-29-46-45(32-37)61(4)30-12-13-31-62(61,5)66(46)40-33-49-57-50(34-40)65(39-26-28-44-42-17-9-11-21-52(42)68-54(44)36-39)48-19-15-23-56-59(48)63(57)58-47(18-14-22-55(58)69(56,6)7)64(49)38-25-27-43-41-16-8-10-20-51(41)67-53(43)35-38/h8-11,14-29,32-36H,12-13,30-31H2,1-7H3. The lowest BCUT2D eigenvalue weighted by molar-refractivity contribution is 0.195. The highest BCUT2D eigenvalue weighted by molar-refractivity contribution is 7.26. The van der Waals surface area contributed by atoms with Crippen molar-refractivity contribution >= 4 is 150 Å². The first-order valence-corrected chi connectivity index (χ1v) is 29.8. The van der Waals surface area contributed by atoms with Gasteiger partial charge in [-0.05, 0) is 119 Å². The summed E-state index contributed by atoms with van der Waals surface area (Å²) in [6.07, 6.45) is 4.83. The molecule has 1 aliphatic carbocycles. The van der Waals surface area contributed by atoms with E-state index in [1.807, 2.05) is 22.7 Å². The van der Waals surface area contributed by atoms with Gasteiger partial charge in [0.1, 0.15) is 8.07 Å². The second-order valence-electron chi connectivity index (χ2n) is 22.8. The molecule has 7 heteroatoms. The lowest BCUT2D eigenvalue weighted by Crippen LogP contribution is -2.79. The fraction of sp³-hybridized carbons (Fsp3) is 0.226. The van der Waals surface area contributed by atoms with Crippen molar-refractivity contribution in [3.05, 3.63) is 163 Å². The molecule has 0 bridgehead atoms. The molecule has 2 aromatic heterocycles. The van der Waals surface area contributed by atoms with Crippen LogP contribution in [-0.2, 0) is 10.8 Å². The molecule has 0 spiro atoms. The van der Waals surface area contributed by atoms with Crippen molar-refractivity contribution in [2.24, 2.45) is 0 Å². The van der Waals surface area contributed by atoms with Crippen LogP contribution in [-0.4, -0.2) is 20.3 Å². The van der Waals surface area contributed by atoms with Gasteiger partial charge in [-0.25, -0.2) is 0 Å². The quantitative estimate of drug-likeness (QED) is 0.163. The Bertz CT molecular complexity index is 3720. The number of fused-ring (bicyclic) bond motifs is 9. The van der Waals surface area contributed by atoms with Gasteiger partial charge in [-0.2, -0.15) is 0 Å². The molecule has 15 rings (SSSR count). The maximum atomic E-state index is 2.83. The third-order valence-electron chi connectivity index (χ3n) is 17.9. The van der Waals surface area contributed by atoms with Gasteiger partial charge in [-0.15, -0.1) is 22.7 Å². The first kappa shape index (κ1) is 40.7. The van der Waals surface area contributed by atoms with Crippen LogP contribution < -0.4 is 41.5 Å². The predicted octanol–water partition coefficient (Wildman–Crippen LogP) is 14.7. The van der Waals surface area contributed by atoms with Gasteiger partial charge in [-0.1, -0.05) is 149 Å². The zero-order chi connectivity index (χ0) is 46.5. The Morgan fingerprint density at radius 1 is 0.493 bits per heavy atom. The first-order chi connectivity index (χ1) is 33.3. The Morgan fingerprint density at radius 3 is 1.59 bits per heavy atom. The molecule has 0 saturated heterocycles. The van der Waals surface area contributed by atoms with Crippen LogP contribution in [0.5, 0.6) is 0 Å². The van der Waals surface area contributed by atoms with Crippen molar-refractivity contribution in [1.29, 1.82) is 0 Å². The van der Waals surface area contributed by atoms with Crippen LogP contribution >= 0.6 is 22.7 Å². The maximum absolute atomic E-state index is 2.83. The molecule has 1 saturated carbocycles. The fourth-order valence-electron chi connectivity index (χ4n) is 14.3. The Balaban J connectivity index is 1.06. The van der Waals surface area contributed by atoms with E-state index in [4.69, 9.17) is 0 Å². The summed E-state index contributed by atoms with van der Waals surface area (Å²) in [7, 11) is -2.19. The Hall–Kier alpha value is -6.12. The molecular formula is C62H54BN3S2Si. The average Bonchev–Trinajstić information content (AvgIpc) is 3.97. The third kappa shape index (κ3) is 5.18. The van der Waals surface area contributed by atoms with Gasteiger partial charge in [0, 0.05) is 91.3 Å². The molecule has 0 radical (unpaired) electrons. The SMILES string of the molecule is CC(C)(C)c1ccc2c(c1)C1(C)CCCCC1(C)N2c1cc2c3c(c1)N(c1ccc4c(c1)sc1ccccc14)c1cccc4c1B3c1c(cccc1[Si]4(C)C)N2c1ccc2c(c1)sc1ccccc12. The van der Waals surface area contributed by atoms with E-state index in [1.165, 1.54) is 133 Å². The van der Waals surface area contributed by atoms with E-state index in [0.717, 1.165) is 6.42 Å². The van der Waals surface area contributed by atoms with E-state index in [2.05, 4.69) is 214 Å². The highest BCUT2D eigenvalue weighted by atomic mass is 32.1. The van der Waals surface area contributed by atoms with E-state index < -0.39 is 8.07 Å². The topological polar surface area (TPSA) is 9.72 Å². The predicted molar refractivity (Wildman–Crippen MR) is 304 cm³/mol. The first-order valence-electron chi connectivity index (χ1n) is 25.2. The summed E-state index contributed by atoms with van der Waals surface area (Å²) in [5, 5.41) is 8.49. The lowest BCUT2D eigenvalue weighted by Gasteiger charge is -2.52. The van der Waals surface area contributed by atoms with Gasteiger partial charge in [0.2, 0.25) is 0 Å². The number of thiophene rings is 2. The fourth-order valence-corrected chi connectivity index (χ4v) is 19.8. The number of hydrogen-bond donors (Lipinski definition) is 0. The van der Waals surface area contributed by atoms with Crippen LogP contribution in [0.25, 0.3) is 40.3 Å². The molecule has 8 aromatic carbocycles. The molecular weight excluding hydrogens is 890 g/mol. The Labute approximate surface area is 414 Å². The molecule has 2 unspecified atom stereocenters. The monoisotopic (exact) mass is 943 g/mol. The van der Waals surface area contributed by atoms with Crippen molar-refractivity contribution < 1.29 is 0 Å². The minimum atomic E-state index is -2.19. The summed E-state index contributed by atoms with van der Waals surface area (Å²) < 4.78 is 5.35. The molecule has 0 N–H and O–H groups in total. The molecule has 0 amide bonds. The van der Waals surface area contributed by atoms with Crippen LogP contribution in [0.4, 0.5) is 45.5 Å². The molecule has 4 aliphatic heterocycles. The highest BCUT2D eigenvalue weighted by Crippen LogP contribution is 2.62. The second kappa shape index (κ2) is 13.6. The van der Waals surface area contributed by atoms with Crippen molar-refractivity contribution in [2.45, 2.75) is 89.8 Å². The third-order valence-corrected chi connectivity index (χ3v) is 23.8. The minimum absolute atomic E-state index is 0.00460. The van der Waals surface area contributed by atoms with Gasteiger partial charge >= 0.3 is 0 Å². The zero-order valence-corrected chi connectivity index (χ0v) is 43.1. The minimum Gasteiger partial charge on any atom is -0.334 e. The van der Waals surface area contributed by atoms with Gasteiger partial charge in [0.05, 0.1) is 5.54 Å². The van der Waals surface area contributed by atoms with Crippen molar-refractivity contribution in [1.82, 2.24) is 0 Å². The second-order valence-corrected chi connectivity index (χ2v) is 29.3. The Morgan fingerprint density at radius 2 is 1.03 bits per heavy atom. The largest absolute Gasteiger partial charge is 0.334 e. The van der Waals surface area contributed by atoms with E-state index in [9.17, 15) is 0 Å². The molecule has 3 nitrogen and oxygen atoms in total. The molecule has 336 valence electrons. The van der Waals surface area contributed by atoms with Gasteiger partial charge in [0.25, 0.3) is 6.71 Å². The van der Waals surface area contributed by atoms with E-state index in [0.29, 0.717) is 0 Å². The van der Waals surface area contributed by atoms with Gasteiger partial charge in [0.15, 0.2) is 0 Å². The molecule has 6 heterocycles. The van der Waals surface area contributed by atoms with Crippen LogP contribution in [0, 0.1) is 0 Å². The summed E-state index contributed by atoms with van der Waals surface area (Å²) in [4.78, 5) is 8.22. The number of rotatable bonds is 3. The van der Waals surface area contributed by atoms with E-state index in [-0.39, 0.29) is 23.1 Å². The Kier molecular flexibility index (Phi) is 8.03. The summed E-state index contributed by atoms with van der Waals surface area (Å²) in [6, 6.07) is 59.9. The highest BCUT2D eigenvalue weighted by Gasteiger charge is 2.59. The number of nitrogens with zero attached hydrogens (tertiary/aromatic N) is 3. The summed E-state index contributed by atoms with van der Waals surface area (Å²) in [6.45, 7) is 17.6. The summed E-state index contributed by atoms with van der Waals surface area (Å²) >= 11 is 3.84. The van der Waals surface area contributed by atoms with Crippen LogP contribution in [0.3, 0.4) is 0 Å². The normalized spacial score (nSPS) is 20.6. The zero-order valence-electron chi connectivity index (χ0n) is 40.5. The van der Waals surface area contributed by atoms with Crippen molar-refractivity contribution in [2.75, 3.05) is 14.7 Å². The summed E-state index contributed by atoms with van der Waals surface area (Å²) in [5.41, 5.74) is 17.7. The van der Waals surface area contributed by atoms with Gasteiger partial charge in [-0.3, -0.25) is 0 Å². The smallest absolute Gasteiger partial charge is 0.251 e. The van der Waals surface area contributed by atoms with Gasteiger partial charge < -0.3 is 14.7 Å². The van der Waals surface area contributed by atoms with Crippen molar-refractivity contribution in [3.63, 3.8) is 0 Å². The van der Waals surface area contributed by atoms with Crippen LogP contribution in [0.15, 0.2) is 152 Å². The van der Waals surface area contributed by atoms with E-state index in [1.54, 1.807) is 10.4 Å². The van der Waals surface area contributed by atoms with Crippen LogP contribution in [0.1, 0.15) is 71.4 Å². The lowest BCUT2D eigenvalue weighted by atomic mass is 9.33. The molecule has 1 fully saturated rings. The van der Waals surface area contributed by atoms with Crippen molar-refractivity contribution in [3.8, 4) is 0 Å². The molecule has 10 aromatic rings. The summed E-state index contributed by atoms with van der Waals surface area (Å²) in [5.74, 6) is 0. The van der Waals surface area contributed by atoms with Crippen LogP contribution in [0.2, 0.25) is 13.1 Å². The van der Waals surface area contributed by atoms with E-state index >= 15 is 0 Å². The molecule has 5 aliphatic rings. The average molecular weight is 944 g/mol. The number of hydrogen-bond acceptors (Lipinski definition) is 5. The molecule has 2 atom stereocenters.